The van der Waals surface area contributed by atoms with E-state index >= 15 is 0 Å². The smallest absolute Gasteiger partial charge is 0.327 e. The quantitative estimate of drug-likeness (QED) is 0.0768. The molecule has 3 aliphatic rings. The van der Waals surface area contributed by atoms with E-state index in [2.05, 4.69) is 82.2 Å². The van der Waals surface area contributed by atoms with Gasteiger partial charge in [-0.05, 0) is 86.8 Å². The molecule has 87 heavy (non-hydrogen) atoms. The Kier molecular flexibility index (Phi) is 20.4. The van der Waals surface area contributed by atoms with E-state index in [1.54, 1.807) is 30.5 Å². The summed E-state index contributed by atoms with van der Waals surface area (Å²) in [6, 6.07) is 20.3. The van der Waals surface area contributed by atoms with E-state index in [0.717, 1.165) is 83.2 Å². The van der Waals surface area contributed by atoms with Crippen molar-refractivity contribution in [2.24, 2.45) is 0 Å². The summed E-state index contributed by atoms with van der Waals surface area (Å²) in [5, 5.41) is 71.2. The van der Waals surface area contributed by atoms with Gasteiger partial charge in [0.1, 0.15) is 53.7 Å². The summed E-state index contributed by atoms with van der Waals surface area (Å²) < 4.78 is 57.4. The van der Waals surface area contributed by atoms with Crippen molar-refractivity contribution in [1.29, 1.82) is 0 Å². The van der Waals surface area contributed by atoms with Gasteiger partial charge in [0.25, 0.3) is 11.8 Å². The number of carboxylic acid groups (broad SMARTS) is 3. The fourth-order valence-electron chi connectivity index (χ4n) is 9.19. The molecule has 0 radical (unpaired) electrons. The van der Waals surface area contributed by atoms with Crippen molar-refractivity contribution in [3.63, 3.8) is 0 Å². The van der Waals surface area contributed by atoms with E-state index in [9.17, 15) is 23.2 Å². The number of aliphatic carboxylic acids is 3. The van der Waals surface area contributed by atoms with Crippen LogP contribution in [0, 0.1) is 25.5 Å². The number of ether oxygens (including phenoxy) is 3. The van der Waals surface area contributed by atoms with Gasteiger partial charge in [-0.3, -0.25) is 19.1 Å². The third kappa shape index (κ3) is 16.7. The normalized spacial score (nSPS) is 14.7. The second kappa shape index (κ2) is 28.6. The van der Waals surface area contributed by atoms with Crippen LogP contribution >= 0.6 is 27.3 Å². The van der Waals surface area contributed by atoms with Crippen LogP contribution in [0.2, 0.25) is 0 Å². The van der Waals surface area contributed by atoms with Gasteiger partial charge in [0.05, 0.1) is 4.47 Å². The Balaban J connectivity index is 0.000000155. The summed E-state index contributed by atoms with van der Waals surface area (Å²) in [5.74, 6) is 0.333. The Morgan fingerprint density at radius 2 is 1.18 bits per heavy atom. The summed E-state index contributed by atoms with van der Waals surface area (Å²) in [7, 11) is 0. The predicted molar refractivity (Wildman–Crippen MR) is 309 cm³/mol. The summed E-state index contributed by atoms with van der Waals surface area (Å²) in [5.41, 5.74) is 2.46. The molecule has 3 fully saturated rings. The van der Waals surface area contributed by atoms with Crippen LogP contribution in [0.15, 0.2) is 92.5 Å². The van der Waals surface area contributed by atoms with Crippen LogP contribution < -0.4 is 28.9 Å². The van der Waals surface area contributed by atoms with Gasteiger partial charge in [-0.1, -0.05) is 48.2 Å². The molecule has 0 spiro atoms. The number of rotatable bonds is 18. The van der Waals surface area contributed by atoms with Gasteiger partial charge >= 0.3 is 17.9 Å². The highest BCUT2D eigenvalue weighted by atomic mass is 79.9. The lowest BCUT2D eigenvalue weighted by atomic mass is 10.1. The van der Waals surface area contributed by atoms with Crippen molar-refractivity contribution in [2.75, 3.05) is 54.0 Å². The van der Waals surface area contributed by atoms with Gasteiger partial charge in [0, 0.05) is 102 Å². The molecule has 12 rings (SSSR count). The molecule has 3 aliphatic heterocycles. The first kappa shape index (κ1) is 62.0. The molecule has 0 amide bonds. The minimum Gasteiger partial charge on any atom is -0.490 e. The average Bonchev–Trinajstić information content (AvgIpc) is 4.51. The van der Waals surface area contributed by atoms with Crippen LogP contribution in [0.4, 0.5) is 25.7 Å². The SMILES string of the molecule is C.Cc1ccc(F)cc1OC1CCN(c2cc(-c3nnn(CC(=O)O)n3)on2)CC1.Cc1ccccc1OC1CCN(c2nnc(-c3nnn(CC(=O)O)n3)s2)CC1.O=C(O)Cn1ccc(-c2nc(N3CCC(Oc4cc(F)ccc4Br)CC3)no2)n1. The maximum Gasteiger partial charge on any atom is 0.327 e. The first-order chi connectivity index (χ1) is 41.5. The van der Waals surface area contributed by atoms with Crippen LogP contribution in [-0.2, 0) is 34.0 Å². The number of benzene rings is 3. The zero-order valence-corrected chi connectivity index (χ0v) is 48.4. The number of aromatic nitrogens is 15. The molecule has 3 N–H and O–H groups in total. The van der Waals surface area contributed by atoms with Crippen LogP contribution in [0.3, 0.4) is 0 Å². The lowest BCUT2D eigenvalue weighted by molar-refractivity contribution is -0.139. The number of carboxylic acids is 3. The van der Waals surface area contributed by atoms with Gasteiger partial charge in [0.15, 0.2) is 29.6 Å². The van der Waals surface area contributed by atoms with E-state index in [-0.39, 0.29) is 74.5 Å². The molecule has 29 nitrogen and oxygen atoms in total. The van der Waals surface area contributed by atoms with Gasteiger partial charge in [-0.15, -0.1) is 30.6 Å². The van der Waals surface area contributed by atoms with Crippen LogP contribution in [0.1, 0.15) is 57.1 Å². The average molecular weight is 1290 g/mol. The number of para-hydroxylation sites is 1. The fourth-order valence-corrected chi connectivity index (χ4v) is 10.3. The lowest BCUT2D eigenvalue weighted by Crippen LogP contribution is -2.38. The highest BCUT2D eigenvalue weighted by molar-refractivity contribution is 9.10. The largest absolute Gasteiger partial charge is 0.490 e. The Hall–Kier alpha value is -9.53. The Labute approximate surface area is 506 Å². The zero-order valence-electron chi connectivity index (χ0n) is 46.0. The van der Waals surface area contributed by atoms with Crippen LogP contribution in [0.5, 0.6) is 17.2 Å². The number of tetrazole rings is 2. The molecule has 6 aromatic heterocycles. The monoisotopic (exact) mass is 1280 g/mol. The highest BCUT2D eigenvalue weighted by Crippen LogP contribution is 2.33. The molecule has 33 heteroatoms. The van der Waals surface area contributed by atoms with E-state index < -0.39 is 17.9 Å². The number of piperidine rings is 3. The first-order valence-corrected chi connectivity index (χ1v) is 28.6. The molecule has 458 valence electrons. The fraction of sp³-hybridized carbons (Fsp3) is 0.389. The Morgan fingerprint density at radius 3 is 1.84 bits per heavy atom. The first-order valence-electron chi connectivity index (χ1n) is 26.9. The van der Waals surface area contributed by atoms with Crippen LogP contribution in [-0.4, -0.2) is 166 Å². The van der Waals surface area contributed by atoms with E-state index in [4.69, 9.17) is 38.6 Å². The number of hydrogen-bond acceptors (Lipinski definition) is 24. The summed E-state index contributed by atoms with van der Waals surface area (Å²) >= 11 is 4.74. The molecule has 0 aliphatic carbocycles. The van der Waals surface area contributed by atoms with Crippen molar-refractivity contribution < 1.29 is 61.7 Å². The summed E-state index contributed by atoms with van der Waals surface area (Å²) in [4.78, 5) is 44.7. The van der Waals surface area contributed by atoms with Crippen LogP contribution in [0.25, 0.3) is 34.0 Å². The van der Waals surface area contributed by atoms with Crippen molar-refractivity contribution in [3.05, 3.63) is 106 Å². The number of anilines is 3. The lowest BCUT2D eigenvalue weighted by Gasteiger charge is -2.32. The number of carbonyl (C=O) groups is 3. The molecule has 3 aromatic carbocycles. The molecule has 0 saturated carbocycles. The number of aryl methyl sites for hydroxylation is 2. The summed E-state index contributed by atoms with van der Waals surface area (Å²) in [6.45, 7) is 7.33. The standard InChI is InChI=1S/C18H17BrFN5O4.C18H19FN6O4.C17H19N7O3S.CH4/c19-13-2-1-11(20)9-15(13)28-12-3-6-24(7-4-12)18-21-17(29-23-18)14-5-8-25(22-14)10-16(26)27;1-11-2-3-12(19)8-14(11)28-13-4-6-24(7-5-13)16-9-15(29-22-16)18-20-23-25(21-18)10-17(26)27;1-11-4-2-3-5-13(11)27-12-6-8-23(9-7-12)17-20-19-16(28-17)15-18-22-24(21-15)10-14(25)26;/h1-2,5,8-9,12H,3-4,6-7,10H2,(H,26,27);2-3,8-9,13H,4-7,10H2,1H3,(H,26,27);2-5,12H,6-10H2,1H3,(H,25,26);1H4. The third-order valence-corrected chi connectivity index (χ3v) is 15.2. The molecule has 0 bridgehead atoms. The minimum absolute atomic E-state index is 0. The Morgan fingerprint density at radius 1 is 0.621 bits per heavy atom. The highest BCUT2D eigenvalue weighted by Gasteiger charge is 2.28. The number of halogens is 3. The Bertz CT molecular complexity index is 3600. The second-order valence-electron chi connectivity index (χ2n) is 19.9. The van der Waals surface area contributed by atoms with Crippen molar-refractivity contribution in [1.82, 2.24) is 75.7 Å². The zero-order chi connectivity index (χ0) is 60.3. The number of nitrogens with zero attached hydrogens (tertiary/aromatic N) is 18. The van der Waals surface area contributed by atoms with Crippen molar-refractivity contribution in [3.8, 4) is 51.2 Å². The molecule has 3 saturated heterocycles. The van der Waals surface area contributed by atoms with E-state index in [0.29, 0.717) is 70.4 Å². The van der Waals surface area contributed by atoms with Gasteiger partial charge in [-0.25, -0.2) is 8.78 Å². The number of hydrogen-bond donors (Lipinski definition) is 3. The maximum absolute atomic E-state index is 13.4. The maximum atomic E-state index is 13.4. The molecular formula is C54H59BrF2N18O11S. The minimum atomic E-state index is -1.06. The second-order valence-corrected chi connectivity index (χ2v) is 21.7. The van der Waals surface area contributed by atoms with Crippen molar-refractivity contribution in [2.45, 2.75) is 97.7 Å². The molecule has 0 atom stereocenters. The molecular weight excluding hydrogens is 1230 g/mol. The topological polar surface area (TPSA) is 345 Å². The van der Waals surface area contributed by atoms with Gasteiger partial charge in [0.2, 0.25) is 22.5 Å². The predicted octanol–water partition coefficient (Wildman–Crippen LogP) is 7.14. The van der Waals surface area contributed by atoms with Crippen molar-refractivity contribution >= 4 is 62.1 Å². The third-order valence-electron chi connectivity index (χ3n) is 13.6. The van der Waals surface area contributed by atoms with E-state index in [1.807, 2.05) is 47.9 Å². The molecule has 9 aromatic rings. The summed E-state index contributed by atoms with van der Waals surface area (Å²) in [6.07, 6.45) is 6.43. The molecule has 9 heterocycles. The molecule has 0 unspecified atom stereocenters. The van der Waals surface area contributed by atoms with Gasteiger partial charge < -0.3 is 53.3 Å². The van der Waals surface area contributed by atoms with E-state index in [1.165, 1.54) is 40.3 Å². The van der Waals surface area contributed by atoms with Gasteiger partial charge in [-0.2, -0.15) is 19.7 Å².